The Labute approximate surface area is 119 Å². The van der Waals surface area contributed by atoms with Crippen LogP contribution < -0.4 is 0 Å². The van der Waals surface area contributed by atoms with Crippen molar-refractivity contribution in [1.82, 2.24) is 4.98 Å². The highest BCUT2D eigenvalue weighted by Crippen LogP contribution is 2.32. The third-order valence-electron chi connectivity index (χ3n) is 3.73. The molecule has 108 valence electrons. The molecule has 1 nitrogen and oxygen atoms in total. The summed E-state index contributed by atoms with van der Waals surface area (Å²) in [4.78, 5) is 4.84. The van der Waals surface area contributed by atoms with E-state index in [9.17, 15) is 0 Å². The number of fused-ring (bicyclic) bond motifs is 2. The maximum Gasteiger partial charge on any atom is 0.0441 e. The molecule has 2 aliphatic rings. The van der Waals surface area contributed by atoms with E-state index in [0.717, 1.165) is 0 Å². The fourth-order valence-corrected chi connectivity index (χ4v) is 3.12. The Balaban J connectivity index is 0.000000321. The summed E-state index contributed by atoms with van der Waals surface area (Å²) in [5.41, 5.74) is 7.77. The highest BCUT2D eigenvalue weighted by Gasteiger charge is 2.23. The minimum Gasteiger partial charge on any atom is -0.257 e. The molecule has 0 fully saturated rings. The number of aromatic nitrogens is 1. The van der Waals surface area contributed by atoms with Gasteiger partial charge in [0.15, 0.2) is 0 Å². The average molecular weight is 261 g/mol. The second-order valence-corrected chi connectivity index (χ2v) is 5.21. The summed E-state index contributed by atoms with van der Waals surface area (Å²) in [7, 11) is 0. The number of rotatable bonds is 1. The van der Waals surface area contributed by atoms with Crippen molar-refractivity contribution >= 4 is 0 Å². The van der Waals surface area contributed by atoms with Gasteiger partial charge in [0.05, 0.1) is 0 Å². The predicted molar refractivity (Wildman–Crippen MR) is 85.0 cm³/mol. The molecule has 0 aliphatic heterocycles. The molecule has 19 heavy (non-hydrogen) atoms. The third kappa shape index (κ3) is 3.58. The highest BCUT2D eigenvalue weighted by molar-refractivity contribution is 5.44. The van der Waals surface area contributed by atoms with Crippen LogP contribution in [0.4, 0.5) is 0 Å². The Morgan fingerprint density at radius 2 is 1.21 bits per heavy atom. The molecule has 0 unspecified atom stereocenters. The van der Waals surface area contributed by atoms with Gasteiger partial charge in [-0.25, -0.2) is 0 Å². The first-order chi connectivity index (χ1) is 9.31. The van der Waals surface area contributed by atoms with Crippen molar-refractivity contribution in [2.45, 2.75) is 86.0 Å². The summed E-state index contributed by atoms with van der Waals surface area (Å²) >= 11 is 0. The molecule has 0 bridgehead atoms. The van der Waals surface area contributed by atoms with Crippen LogP contribution in [0.1, 0.15) is 82.0 Å². The number of aryl methyl sites for hydroxylation is 2. The topological polar surface area (TPSA) is 12.9 Å². The van der Waals surface area contributed by atoms with Gasteiger partial charge in [0.1, 0.15) is 0 Å². The molecule has 1 heteroatoms. The molecular formula is C18H31N. The molecule has 0 radical (unpaired) electrons. The second-order valence-electron chi connectivity index (χ2n) is 5.21. The van der Waals surface area contributed by atoms with E-state index in [-0.39, 0.29) is 0 Å². The quantitative estimate of drug-likeness (QED) is 0.688. The highest BCUT2D eigenvalue weighted by atomic mass is 14.7. The van der Waals surface area contributed by atoms with E-state index in [1.54, 1.807) is 16.7 Å². The van der Waals surface area contributed by atoms with Crippen molar-refractivity contribution < 1.29 is 0 Å². The van der Waals surface area contributed by atoms with Gasteiger partial charge >= 0.3 is 0 Å². The molecule has 1 aromatic rings. The lowest BCUT2D eigenvalue weighted by molar-refractivity contribution is 0.869. The molecule has 1 heterocycles. The number of pyridine rings is 1. The van der Waals surface area contributed by atoms with Gasteiger partial charge in [-0.1, -0.05) is 41.0 Å². The van der Waals surface area contributed by atoms with Crippen LogP contribution in [0.15, 0.2) is 0 Å². The van der Waals surface area contributed by atoms with Crippen LogP contribution in [-0.4, -0.2) is 4.98 Å². The first-order valence-electron chi connectivity index (χ1n) is 8.34. The van der Waals surface area contributed by atoms with E-state index in [4.69, 9.17) is 4.98 Å². The van der Waals surface area contributed by atoms with Crippen LogP contribution >= 0.6 is 0 Å². The predicted octanol–water partition coefficient (Wildman–Crippen LogP) is 5.06. The molecule has 1 aromatic heterocycles. The van der Waals surface area contributed by atoms with Gasteiger partial charge in [0.2, 0.25) is 0 Å². The van der Waals surface area contributed by atoms with Crippen molar-refractivity contribution in [2.75, 3.05) is 0 Å². The van der Waals surface area contributed by atoms with Crippen LogP contribution in [0.25, 0.3) is 0 Å². The molecular weight excluding hydrogens is 230 g/mol. The van der Waals surface area contributed by atoms with E-state index in [0.29, 0.717) is 0 Å². The van der Waals surface area contributed by atoms with Crippen molar-refractivity contribution in [2.24, 2.45) is 0 Å². The van der Waals surface area contributed by atoms with E-state index in [2.05, 4.69) is 20.8 Å². The van der Waals surface area contributed by atoms with Crippen LogP contribution in [0, 0.1) is 0 Å². The van der Waals surface area contributed by atoms with E-state index >= 15 is 0 Å². The molecule has 0 atom stereocenters. The normalized spacial score (nSPS) is 14.8. The van der Waals surface area contributed by atoms with E-state index < -0.39 is 0 Å². The summed E-state index contributed by atoms with van der Waals surface area (Å²) in [5.74, 6) is 0. The first-order valence-corrected chi connectivity index (χ1v) is 8.34. The first kappa shape index (κ1) is 16.2. The summed E-state index contributed by atoms with van der Waals surface area (Å²) in [5, 5.41) is 0. The smallest absolute Gasteiger partial charge is 0.0441 e. The maximum atomic E-state index is 4.84. The summed E-state index contributed by atoms with van der Waals surface area (Å²) in [6.07, 6.45) is 10.2. The molecule has 3 rings (SSSR count). The zero-order valence-electron chi connectivity index (χ0n) is 13.6. The maximum absolute atomic E-state index is 4.84. The Kier molecular flexibility index (Phi) is 7.12. The second kappa shape index (κ2) is 8.35. The summed E-state index contributed by atoms with van der Waals surface area (Å²) < 4.78 is 0. The molecule has 0 amide bonds. The van der Waals surface area contributed by atoms with Crippen LogP contribution in [0.2, 0.25) is 0 Å². The Bertz CT molecular complexity index is 361. The molecule has 0 saturated carbocycles. The van der Waals surface area contributed by atoms with Gasteiger partial charge in [-0.05, 0) is 61.6 Å². The van der Waals surface area contributed by atoms with Crippen molar-refractivity contribution in [1.29, 1.82) is 0 Å². The van der Waals surface area contributed by atoms with Crippen molar-refractivity contribution in [3.8, 4) is 0 Å². The number of hydrogen-bond donors (Lipinski definition) is 0. The lowest BCUT2D eigenvalue weighted by Gasteiger charge is -2.11. The Morgan fingerprint density at radius 3 is 1.58 bits per heavy atom. The lowest BCUT2D eigenvalue weighted by Crippen LogP contribution is -2.02. The zero-order chi connectivity index (χ0) is 14.3. The SMILES string of the molecule is CC.CCC.CCc1c2c(nc3c1CCC3)CCC2. The molecule has 2 aliphatic carbocycles. The third-order valence-corrected chi connectivity index (χ3v) is 3.73. The van der Waals surface area contributed by atoms with Gasteiger partial charge in [-0.15, -0.1) is 0 Å². The van der Waals surface area contributed by atoms with Gasteiger partial charge in [-0.2, -0.15) is 0 Å². The fourth-order valence-electron chi connectivity index (χ4n) is 3.12. The van der Waals surface area contributed by atoms with Crippen LogP contribution in [0.3, 0.4) is 0 Å². The van der Waals surface area contributed by atoms with E-state index in [1.807, 2.05) is 13.8 Å². The van der Waals surface area contributed by atoms with Gasteiger partial charge < -0.3 is 0 Å². The number of nitrogens with zero attached hydrogens (tertiary/aromatic N) is 1. The Morgan fingerprint density at radius 1 is 0.789 bits per heavy atom. The molecule has 0 aromatic carbocycles. The van der Waals surface area contributed by atoms with Gasteiger partial charge in [0, 0.05) is 11.4 Å². The van der Waals surface area contributed by atoms with Crippen molar-refractivity contribution in [3.05, 3.63) is 28.1 Å². The summed E-state index contributed by atoms with van der Waals surface area (Å²) in [6.45, 7) is 10.5. The largest absolute Gasteiger partial charge is 0.257 e. The monoisotopic (exact) mass is 261 g/mol. The Hall–Kier alpha value is -0.850. The van der Waals surface area contributed by atoms with Gasteiger partial charge in [-0.3, -0.25) is 4.98 Å². The van der Waals surface area contributed by atoms with Crippen molar-refractivity contribution in [3.63, 3.8) is 0 Å². The average Bonchev–Trinajstić information content (AvgIpc) is 3.07. The van der Waals surface area contributed by atoms with Crippen LogP contribution in [-0.2, 0) is 32.1 Å². The number of hydrogen-bond acceptors (Lipinski definition) is 1. The van der Waals surface area contributed by atoms with Crippen LogP contribution in [0.5, 0.6) is 0 Å². The lowest BCUT2D eigenvalue weighted by atomic mass is 9.98. The van der Waals surface area contributed by atoms with Gasteiger partial charge in [0.25, 0.3) is 0 Å². The minimum atomic E-state index is 1.22. The standard InChI is InChI=1S/C13H17N.C3H8.C2H6/c1-2-9-10-5-3-7-12(10)14-13-8-4-6-11(9)13;1-3-2;1-2/h2-8H2,1H3;3H2,1-2H3;1-2H3. The fraction of sp³-hybridized carbons (Fsp3) is 0.722. The minimum absolute atomic E-state index is 1.22. The zero-order valence-corrected chi connectivity index (χ0v) is 13.6. The molecule has 0 N–H and O–H groups in total. The van der Waals surface area contributed by atoms with E-state index in [1.165, 1.54) is 62.8 Å². The molecule has 0 saturated heterocycles. The molecule has 0 spiro atoms. The summed E-state index contributed by atoms with van der Waals surface area (Å²) in [6, 6.07) is 0.